The molecule has 1 aliphatic rings. The molecule has 0 aromatic rings. The molecule has 1 fully saturated rings. The highest BCUT2D eigenvalue weighted by Crippen LogP contribution is 2.28. The van der Waals surface area contributed by atoms with Crippen LogP contribution in [0.4, 0.5) is 0 Å². The number of nitrogens with one attached hydrogen (secondary N) is 1. The SMILES string of the molecule is CC(=O)[C@H]1CC[C@H](CNC(=O)CCCCCCCCCCCCCCCCC(=O)O)CC1. The Morgan fingerprint density at radius 2 is 1.06 bits per heavy atom. The van der Waals surface area contributed by atoms with Crippen LogP contribution in [0.2, 0.25) is 0 Å². The van der Waals surface area contributed by atoms with Gasteiger partial charge in [-0.25, -0.2) is 0 Å². The smallest absolute Gasteiger partial charge is 0.303 e. The van der Waals surface area contributed by atoms with E-state index >= 15 is 0 Å². The van der Waals surface area contributed by atoms with Crippen LogP contribution in [-0.4, -0.2) is 29.3 Å². The molecule has 32 heavy (non-hydrogen) atoms. The summed E-state index contributed by atoms with van der Waals surface area (Å²) in [4.78, 5) is 33.9. The minimum absolute atomic E-state index is 0.195. The molecule has 0 saturated heterocycles. The number of carboxylic acid groups (broad SMARTS) is 1. The van der Waals surface area contributed by atoms with Gasteiger partial charge in [0.15, 0.2) is 0 Å². The quantitative estimate of drug-likeness (QED) is 0.199. The van der Waals surface area contributed by atoms with Crippen molar-refractivity contribution in [3.63, 3.8) is 0 Å². The molecule has 5 nitrogen and oxygen atoms in total. The molecule has 0 bridgehead atoms. The first-order chi connectivity index (χ1) is 15.5. The Morgan fingerprint density at radius 3 is 1.47 bits per heavy atom. The lowest BCUT2D eigenvalue weighted by molar-refractivity contribution is -0.137. The van der Waals surface area contributed by atoms with E-state index < -0.39 is 5.97 Å². The highest BCUT2D eigenvalue weighted by Gasteiger charge is 2.23. The minimum Gasteiger partial charge on any atom is -0.481 e. The zero-order valence-electron chi connectivity index (χ0n) is 20.7. The van der Waals surface area contributed by atoms with E-state index in [2.05, 4.69) is 5.32 Å². The Hall–Kier alpha value is -1.39. The van der Waals surface area contributed by atoms with Crippen LogP contribution in [0.5, 0.6) is 0 Å². The van der Waals surface area contributed by atoms with Gasteiger partial charge in [-0.15, -0.1) is 0 Å². The van der Waals surface area contributed by atoms with Crippen molar-refractivity contribution in [3.05, 3.63) is 0 Å². The van der Waals surface area contributed by atoms with Gasteiger partial charge in [-0.3, -0.25) is 14.4 Å². The summed E-state index contributed by atoms with van der Waals surface area (Å²) in [5.74, 6) is 0.659. The zero-order chi connectivity index (χ0) is 23.4. The van der Waals surface area contributed by atoms with Crippen LogP contribution in [0.15, 0.2) is 0 Å². The second-order valence-corrected chi connectivity index (χ2v) is 9.98. The maximum absolute atomic E-state index is 12.0. The molecular formula is C27H49NO4. The number of aliphatic carboxylic acids is 1. The summed E-state index contributed by atoms with van der Waals surface area (Å²) in [7, 11) is 0. The normalized spacial score (nSPS) is 18.4. The standard InChI is InChI=1S/C27H49NO4/c1-23(29)25-20-18-24(19-21-25)22-28-26(30)16-14-12-10-8-6-4-2-3-5-7-9-11-13-15-17-27(31)32/h24-25H,2-22H2,1H3,(H,28,30)(H,31,32)/t24-,25-. The number of carbonyl (C=O) groups excluding carboxylic acids is 2. The van der Waals surface area contributed by atoms with E-state index in [1.807, 2.05) is 0 Å². The van der Waals surface area contributed by atoms with Crippen LogP contribution >= 0.6 is 0 Å². The van der Waals surface area contributed by atoms with Crippen molar-refractivity contribution in [3.8, 4) is 0 Å². The number of amides is 1. The Bertz CT molecular complexity index is 512. The summed E-state index contributed by atoms with van der Waals surface area (Å²) in [5, 5.41) is 11.7. The van der Waals surface area contributed by atoms with Crippen molar-refractivity contribution >= 4 is 17.7 Å². The maximum atomic E-state index is 12.0. The fourth-order valence-electron chi connectivity index (χ4n) is 4.80. The first kappa shape index (κ1) is 28.6. The van der Waals surface area contributed by atoms with Gasteiger partial charge in [-0.1, -0.05) is 77.0 Å². The molecule has 0 aromatic carbocycles. The summed E-state index contributed by atoms with van der Waals surface area (Å²) in [6.45, 7) is 2.49. The van der Waals surface area contributed by atoms with Gasteiger partial charge >= 0.3 is 5.97 Å². The van der Waals surface area contributed by atoms with Crippen molar-refractivity contribution in [2.75, 3.05) is 6.54 Å². The highest BCUT2D eigenvalue weighted by atomic mass is 16.4. The average molecular weight is 452 g/mol. The average Bonchev–Trinajstić information content (AvgIpc) is 2.77. The Morgan fingerprint density at radius 1 is 0.656 bits per heavy atom. The summed E-state index contributed by atoms with van der Waals surface area (Å²) >= 11 is 0. The van der Waals surface area contributed by atoms with Gasteiger partial charge in [0.05, 0.1) is 0 Å². The first-order valence-electron chi connectivity index (χ1n) is 13.5. The Labute approximate surface area is 196 Å². The van der Waals surface area contributed by atoms with E-state index in [1.54, 1.807) is 6.92 Å². The van der Waals surface area contributed by atoms with Gasteiger partial charge in [0.1, 0.15) is 5.78 Å². The van der Waals surface area contributed by atoms with Gasteiger partial charge in [-0.2, -0.15) is 0 Å². The monoisotopic (exact) mass is 451 g/mol. The van der Waals surface area contributed by atoms with Crippen molar-refractivity contribution in [2.45, 2.75) is 135 Å². The van der Waals surface area contributed by atoms with E-state index in [0.717, 1.165) is 57.9 Å². The lowest BCUT2D eigenvalue weighted by Gasteiger charge is -2.27. The number of Topliss-reactive ketones (excluding diaryl/α,β-unsaturated/α-hetero) is 1. The van der Waals surface area contributed by atoms with Crippen molar-refractivity contribution in [1.82, 2.24) is 5.32 Å². The van der Waals surface area contributed by atoms with Crippen LogP contribution in [0.25, 0.3) is 0 Å². The molecule has 5 heteroatoms. The third kappa shape index (κ3) is 16.3. The molecule has 0 unspecified atom stereocenters. The van der Waals surface area contributed by atoms with E-state index in [-0.39, 0.29) is 11.8 Å². The van der Waals surface area contributed by atoms with Crippen molar-refractivity contribution in [1.29, 1.82) is 0 Å². The topological polar surface area (TPSA) is 83.5 Å². The molecule has 186 valence electrons. The van der Waals surface area contributed by atoms with Gasteiger partial charge < -0.3 is 10.4 Å². The fourth-order valence-corrected chi connectivity index (χ4v) is 4.80. The van der Waals surface area contributed by atoms with Crippen molar-refractivity contribution < 1.29 is 19.5 Å². The molecule has 0 aliphatic heterocycles. The molecule has 1 saturated carbocycles. The van der Waals surface area contributed by atoms with Gasteiger partial charge in [0.25, 0.3) is 0 Å². The predicted molar refractivity (Wildman–Crippen MR) is 131 cm³/mol. The molecular weight excluding hydrogens is 402 g/mol. The highest BCUT2D eigenvalue weighted by molar-refractivity contribution is 5.78. The molecule has 2 N–H and O–H groups in total. The molecule has 0 atom stereocenters. The number of carboxylic acids is 1. The molecule has 0 aromatic heterocycles. The molecule has 0 heterocycles. The first-order valence-corrected chi connectivity index (χ1v) is 13.5. The molecule has 1 aliphatic carbocycles. The van der Waals surface area contributed by atoms with E-state index in [0.29, 0.717) is 24.5 Å². The number of carbonyl (C=O) groups is 3. The second kappa shape index (κ2) is 19.1. The number of rotatable bonds is 20. The lowest BCUT2D eigenvalue weighted by Crippen LogP contribution is -2.32. The van der Waals surface area contributed by atoms with Crippen molar-refractivity contribution in [2.24, 2.45) is 11.8 Å². The Balaban J connectivity index is 1.78. The lowest BCUT2D eigenvalue weighted by atomic mass is 9.80. The molecule has 0 radical (unpaired) electrons. The molecule has 1 amide bonds. The van der Waals surface area contributed by atoms with E-state index in [1.165, 1.54) is 64.2 Å². The van der Waals surface area contributed by atoms with Crippen LogP contribution in [0, 0.1) is 11.8 Å². The number of hydrogen-bond donors (Lipinski definition) is 2. The molecule has 1 rings (SSSR count). The van der Waals surface area contributed by atoms with Gasteiger partial charge in [0, 0.05) is 25.3 Å². The largest absolute Gasteiger partial charge is 0.481 e. The summed E-state index contributed by atoms with van der Waals surface area (Å²) in [6, 6.07) is 0. The van der Waals surface area contributed by atoms with E-state index in [9.17, 15) is 14.4 Å². The van der Waals surface area contributed by atoms with Crippen LogP contribution < -0.4 is 5.32 Å². The predicted octanol–water partition coefficient (Wildman–Crippen LogP) is 6.82. The summed E-state index contributed by atoms with van der Waals surface area (Å²) in [5.41, 5.74) is 0. The number of unbranched alkanes of at least 4 members (excludes halogenated alkanes) is 13. The summed E-state index contributed by atoms with van der Waals surface area (Å²) in [6.07, 6.45) is 21.9. The molecule has 0 spiro atoms. The number of ketones is 1. The van der Waals surface area contributed by atoms with E-state index in [4.69, 9.17) is 5.11 Å². The second-order valence-electron chi connectivity index (χ2n) is 9.98. The van der Waals surface area contributed by atoms with Crippen LogP contribution in [-0.2, 0) is 14.4 Å². The number of hydrogen-bond acceptors (Lipinski definition) is 3. The third-order valence-electron chi connectivity index (χ3n) is 7.05. The minimum atomic E-state index is -0.674. The maximum Gasteiger partial charge on any atom is 0.303 e. The summed E-state index contributed by atoms with van der Waals surface area (Å²) < 4.78 is 0. The Kier molecular flexibility index (Phi) is 17.1. The van der Waals surface area contributed by atoms with Crippen LogP contribution in [0.1, 0.15) is 135 Å². The fraction of sp³-hybridized carbons (Fsp3) is 0.889. The zero-order valence-corrected chi connectivity index (χ0v) is 20.7. The van der Waals surface area contributed by atoms with Crippen LogP contribution in [0.3, 0.4) is 0 Å². The third-order valence-corrected chi connectivity index (χ3v) is 7.05. The van der Waals surface area contributed by atoms with Gasteiger partial charge in [-0.05, 0) is 51.4 Å². The van der Waals surface area contributed by atoms with Gasteiger partial charge in [0.2, 0.25) is 5.91 Å².